The first kappa shape index (κ1) is 9.52. The average Bonchev–Trinajstić information content (AvgIpc) is 2.51. The van der Waals surface area contributed by atoms with Crippen LogP contribution in [0.4, 0.5) is 0 Å². The first-order valence-corrected chi connectivity index (χ1v) is 4.65. The monoisotopic (exact) mass is 171 g/mol. The van der Waals surface area contributed by atoms with Gasteiger partial charge in [-0.2, -0.15) is 0 Å². The van der Waals surface area contributed by atoms with Crippen molar-refractivity contribution in [2.45, 2.75) is 38.6 Å². The van der Waals surface area contributed by atoms with Gasteiger partial charge in [-0.15, -0.1) is 0 Å². The van der Waals surface area contributed by atoms with E-state index >= 15 is 0 Å². The molecule has 0 amide bonds. The predicted molar refractivity (Wildman–Crippen MR) is 47.1 cm³/mol. The van der Waals surface area contributed by atoms with E-state index in [2.05, 4.69) is 12.2 Å². The van der Waals surface area contributed by atoms with Crippen LogP contribution in [0.1, 0.15) is 32.6 Å². The van der Waals surface area contributed by atoms with E-state index < -0.39 is 5.97 Å². The minimum Gasteiger partial charge on any atom is -0.480 e. The van der Waals surface area contributed by atoms with Crippen LogP contribution in [0.2, 0.25) is 0 Å². The summed E-state index contributed by atoms with van der Waals surface area (Å²) < 4.78 is 0. The van der Waals surface area contributed by atoms with Crippen molar-refractivity contribution >= 4 is 5.97 Å². The van der Waals surface area contributed by atoms with Crippen molar-refractivity contribution in [3.63, 3.8) is 0 Å². The fourth-order valence-electron chi connectivity index (χ4n) is 1.87. The number of carboxylic acids is 1. The Morgan fingerprint density at radius 2 is 2.17 bits per heavy atom. The number of nitrogens with one attached hydrogen (secondary N) is 1. The van der Waals surface area contributed by atoms with Gasteiger partial charge < -0.3 is 10.4 Å². The van der Waals surface area contributed by atoms with Crippen LogP contribution >= 0.6 is 0 Å². The molecular formula is C9H17NO2. The summed E-state index contributed by atoms with van der Waals surface area (Å²) in [5, 5.41) is 11.5. The van der Waals surface area contributed by atoms with Gasteiger partial charge in [0.15, 0.2) is 0 Å². The highest BCUT2D eigenvalue weighted by molar-refractivity contribution is 5.69. The zero-order valence-corrected chi connectivity index (χ0v) is 7.55. The molecule has 0 radical (unpaired) electrons. The van der Waals surface area contributed by atoms with E-state index in [-0.39, 0.29) is 6.54 Å². The Kier molecular flexibility index (Phi) is 3.53. The Bertz CT molecular complexity index is 153. The number of aliphatic carboxylic acids is 1. The third kappa shape index (κ3) is 2.81. The van der Waals surface area contributed by atoms with Crippen molar-refractivity contribution in [2.75, 3.05) is 6.54 Å². The molecule has 1 rings (SSSR count). The molecule has 0 spiro atoms. The molecule has 70 valence electrons. The second-order valence-electron chi connectivity index (χ2n) is 3.61. The number of carbonyl (C=O) groups is 1. The highest BCUT2D eigenvalue weighted by atomic mass is 16.4. The van der Waals surface area contributed by atoms with E-state index in [9.17, 15) is 4.79 Å². The van der Waals surface area contributed by atoms with Gasteiger partial charge in [0.1, 0.15) is 0 Å². The maximum absolute atomic E-state index is 10.3. The van der Waals surface area contributed by atoms with E-state index in [1.54, 1.807) is 0 Å². The van der Waals surface area contributed by atoms with Crippen LogP contribution in [0.3, 0.4) is 0 Å². The molecular weight excluding hydrogens is 154 g/mol. The van der Waals surface area contributed by atoms with Crippen LogP contribution in [0, 0.1) is 5.92 Å². The first-order valence-electron chi connectivity index (χ1n) is 4.65. The molecule has 12 heavy (non-hydrogen) atoms. The fraction of sp³-hybridized carbons (Fsp3) is 0.889. The van der Waals surface area contributed by atoms with Crippen LogP contribution in [0.25, 0.3) is 0 Å². The summed E-state index contributed by atoms with van der Waals surface area (Å²) in [6.07, 6.45) is 5.13. The zero-order valence-electron chi connectivity index (χ0n) is 7.55. The second-order valence-corrected chi connectivity index (χ2v) is 3.61. The number of hydrogen-bond donors (Lipinski definition) is 2. The lowest BCUT2D eigenvalue weighted by Gasteiger charge is -2.18. The maximum atomic E-state index is 10.3. The molecule has 0 aromatic rings. The lowest BCUT2D eigenvalue weighted by Crippen LogP contribution is -2.35. The molecule has 0 heterocycles. The minimum absolute atomic E-state index is 0.0949. The van der Waals surface area contributed by atoms with Crippen LogP contribution in [0.15, 0.2) is 0 Å². The van der Waals surface area contributed by atoms with E-state index in [4.69, 9.17) is 5.11 Å². The van der Waals surface area contributed by atoms with E-state index in [0.717, 1.165) is 0 Å². The molecule has 1 saturated carbocycles. The molecule has 1 aliphatic rings. The van der Waals surface area contributed by atoms with Gasteiger partial charge in [-0.3, -0.25) is 4.79 Å². The summed E-state index contributed by atoms with van der Waals surface area (Å²) in [6.45, 7) is 2.18. The van der Waals surface area contributed by atoms with Gasteiger partial charge >= 0.3 is 5.97 Å². The fourth-order valence-corrected chi connectivity index (χ4v) is 1.87. The maximum Gasteiger partial charge on any atom is 0.317 e. The van der Waals surface area contributed by atoms with Gasteiger partial charge in [-0.25, -0.2) is 0 Å². The molecule has 0 unspecified atom stereocenters. The smallest absolute Gasteiger partial charge is 0.317 e. The van der Waals surface area contributed by atoms with Crippen molar-refractivity contribution in [3.8, 4) is 0 Å². The van der Waals surface area contributed by atoms with Crippen molar-refractivity contribution in [2.24, 2.45) is 5.92 Å². The van der Waals surface area contributed by atoms with Gasteiger partial charge in [-0.05, 0) is 25.7 Å². The summed E-state index contributed by atoms with van der Waals surface area (Å²) in [5.74, 6) is -0.0656. The minimum atomic E-state index is -0.764. The normalized spacial score (nSPS) is 21.1. The SMILES string of the molecule is C[C@@H](NCC(=O)O)C1CCCC1. The standard InChI is InChI=1S/C9H17NO2/c1-7(10-6-9(11)12)8-4-2-3-5-8/h7-8,10H,2-6H2,1H3,(H,11,12)/t7-/m1/s1. The predicted octanol–water partition coefficient (Wildman–Crippen LogP) is 1.24. The van der Waals surface area contributed by atoms with Gasteiger partial charge in [-0.1, -0.05) is 12.8 Å². The van der Waals surface area contributed by atoms with Crippen molar-refractivity contribution < 1.29 is 9.90 Å². The summed E-state index contributed by atoms with van der Waals surface area (Å²) in [5.41, 5.74) is 0. The Hall–Kier alpha value is -0.570. The Morgan fingerprint density at radius 3 is 2.67 bits per heavy atom. The third-order valence-corrected chi connectivity index (χ3v) is 2.68. The Balaban J connectivity index is 2.17. The number of rotatable bonds is 4. The molecule has 0 aromatic heterocycles. The molecule has 1 aliphatic carbocycles. The van der Waals surface area contributed by atoms with E-state index in [1.807, 2.05) is 0 Å². The van der Waals surface area contributed by atoms with Gasteiger partial charge in [0.05, 0.1) is 6.54 Å². The van der Waals surface area contributed by atoms with E-state index in [1.165, 1.54) is 25.7 Å². The molecule has 1 fully saturated rings. The molecule has 3 nitrogen and oxygen atoms in total. The van der Waals surface area contributed by atoms with Crippen molar-refractivity contribution in [1.29, 1.82) is 0 Å². The molecule has 2 N–H and O–H groups in total. The largest absolute Gasteiger partial charge is 0.480 e. The molecule has 0 bridgehead atoms. The van der Waals surface area contributed by atoms with Crippen LogP contribution in [-0.2, 0) is 4.79 Å². The summed E-state index contributed by atoms with van der Waals surface area (Å²) >= 11 is 0. The zero-order chi connectivity index (χ0) is 8.97. The lowest BCUT2D eigenvalue weighted by molar-refractivity contribution is -0.136. The summed E-state index contributed by atoms with van der Waals surface area (Å²) in [6, 6.07) is 0.364. The van der Waals surface area contributed by atoms with E-state index in [0.29, 0.717) is 12.0 Å². The molecule has 0 aliphatic heterocycles. The van der Waals surface area contributed by atoms with Gasteiger partial charge in [0, 0.05) is 6.04 Å². The summed E-state index contributed by atoms with van der Waals surface area (Å²) in [7, 11) is 0. The topological polar surface area (TPSA) is 49.3 Å². The Labute approximate surface area is 73.2 Å². The van der Waals surface area contributed by atoms with Gasteiger partial charge in [0.25, 0.3) is 0 Å². The first-order chi connectivity index (χ1) is 5.70. The second kappa shape index (κ2) is 4.45. The third-order valence-electron chi connectivity index (χ3n) is 2.68. The van der Waals surface area contributed by atoms with Crippen molar-refractivity contribution in [1.82, 2.24) is 5.32 Å². The highest BCUT2D eigenvalue weighted by Crippen LogP contribution is 2.27. The average molecular weight is 171 g/mol. The highest BCUT2D eigenvalue weighted by Gasteiger charge is 2.21. The van der Waals surface area contributed by atoms with Gasteiger partial charge in [0.2, 0.25) is 0 Å². The summed E-state index contributed by atoms with van der Waals surface area (Å²) in [4.78, 5) is 10.3. The van der Waals surface area contributed by atoms with Crippen LogP contribution in [0.5, 0.6) is 0 Å². The number of carboxylic acid groups (broad SMARTS) is 1. The van der Waals surface area contributed by atoms with Crippen molar-refractivity contribution in [3.05, 3.63) is 0 Å². The molecule has 0 aromatic carbocycles. The Morgan fingerprint density at radius 1 is 1.58 bits per heavy atom. The molecule has 3 heteroatoms. The quantitative estimate of drug-likeness (QED) is 0.669. The molecule has 1 atom stereocenters. The number of hydrogen-bond acceptors (Lipinski definition) is 2. The molecule has 0 saturated heterocycles. The van der Waals surface area contributed by atoms with Crippen LogP contribution in [-0.4, -0.2) is 23.7 Å². The van der Waals surface area contributed by atoms with Crippen LogP contribution < -0.4 is 5.32 Å². The lowest BCUT2D eigenvalue weighted by atomic mass is 10.00.